The van der Waals surface area contributed by atoms with Gasteiger partial charge in [-0.2, -0.15) is 0 Å². The number of benzene rings is 1. The summed E-state index contributed by atoms with van der Waals surface area (Å²) in [5.41, 5.74) is 0.925. The summed E-state index contributed by atoms with van der Waals surface area (Å²) < 4.78 is 5.47. The molecule has 0 bridgehead atoms. The number of alkyl halides is 1. The van der Waals surface area contributed by atoms with Gasteiger partial charge in [-0.05, 0) is 37.0 Å². The molecule has 1 N–H and O–H groups in total. The van der Waals surface area contributed by atoms with E-state index in [1.54, 1.807) is 0 Å². The molecule has 0 saturated carbocycles. The van der Waals surface area contributed by atoms with E-state index >= 15 is 0 Å². The lowest BCUT2D eigenvalue weighted by Crippen LogP contribution is -1.99. The number of rotatable bonds is 7. The number of hydrogen-bond acceptors (Lipinski definition) is 2. The van der Waals surface area contributed by atoms with E-state index in [0.717, 1.165) is 30.8 Å². The van der Waals surface area contributed by atoms with Crippen molar-refractivity contribution < 1.29 is 9.84 Å². The molecule has 0 spiro atoms. The molecular formula is C13H19ClO2. The van der Waals surface area contributed by atoms with Gasteiger partial charge in [-0.3, -0.25) is 0 Å². The summed E-state index contributed by atoms with van der Waals surface area (Å²) in [5, 5.41) is 9.82. The summed E-state index contributed by atoms with van der Waals surface area (Å²) in [6, 6.07) is 7.61. The van der Waals surface area contributed by atoms with Gasteiger partial charge in [-0.25, -0.2) is 0 Å². The standard InChI is InChI=1S/C13H19ClO2/c1-2-10-16-12-7-5-11(6-8-12)13(15)4-3-9-14/h5-8,13,15H,2-4,9-10H2,1H3. The zero-order chi connectivity index (χ0) is 11.8. The SMILES string of the molecule is CCCOc1ccc(C(O)CCCCl)cc1. The van der Waals surface area contributed by atoms with Gasteiger partial charge in [0.25, 0.3) is 0 Å². The van der Waals surface area contributed by atoms with E-state index < -0.39 is 6.10 Å². The van der Waals surface area contributed by atoms with Gasteiger partial charge in [0.2, 0.25) is 0 Å². The summed E-state index contributed by atoms with van der Waals surface area (Å²) in [7, 11) is 0. The number of aliphatic hydroxyl groups is 1. The van der Waals surface area contributed by atoms with E-state index in [9.17, 15) is 5.11 Å². The first-order valence-electron chi connectivity index (χ1n) is 5.74. The Bertz CT molecular complexity index is 284. The normalized spacial score (nSPS) is 12.4. The second-order valence-corrected chi connectivity index (χ2v) is 4.14. The van der Waals surface area contributed by atoms with Crippen molar-refractivity contribution in [1.29, 1.82) is 0 Å². The molecule has 0 amide bonds. The van der Waals surface area contributed by atoms with Crippen LogP contribution in [0.2, 0.25) is 0 Å². The van der Waals surface area contributed by atoms with Crippen LogP contribution in [0.5, 0.6) is 5.75 Å². The highest BCUT2D eigenvalue weighted by Crippen LogP contribution is 2.21. The van der Waals surface area contributed by atoms with E-state index in [2.05, 4.69) is 6.92 Å². The van der Waals surface area contributed by atoms with Crippen molar-refractivity contribution in [3.8, 4) is 5.75 Å². The second-order valence-electron chi connectivity index (χ2n) is 3.76. The molecule has 1 unspecified atom stereocenters. The maximum Gasteiger partial charge on any atom is 0.119 e. The van der Waals surface area contributed by atoms with Crippen LogP contribution in [0.1, 0.15) is 37.9 Å². The minimum Gasteiger partial charge on any atom is -0.494 e. The zero-order valence-electron chi connectivity index (χ0n) is 9.66. The van der Waals surface area contributed by atoms with Crippen molar-refractivity contribution in [1.82, 2.24) is 0 Å². The minimum atomic E-state index is -0.418. The molecule has 0 aliphatic rings. The number of ether oxygens (including phenoxy) is 1. The predicted octanol–water partition coefficient (Wildman–Crippen LogP) is 3.53. The molecule has 3 heteroatoms. The lowest BCUT2D eigenvalue weighted by atomic mass is 10.1. The maximum atomic E-state index is 9.82. The monoisotopic (exact) mass is 242 g/mol. The van der Waals surface area contributed by atoms with Gasteiger partial charge in [0.05, 0.1) is 12.7 Å². The fourth-order valence-electron chi connectivity index (χ4n) is 1.44. The van der Waals surface area contributed by atoms with Crippen molar-refractivity contribution in [3.63, 3.8) is 0 Å². The molecule has 0 fully saturated rings. The Labute approximate surface area is 102 Å². The third-order valence-corrected chi connectivity index (χ3v) is 2.62. The Morgan fingerprint density at radius 2 is 2.00 bits per heavy atom. The highest BCUT2D eigenvalue weighted by molar-refractivity contribution is 6.17. The largest absolute Gasteiger partial charge is 0.494 e. The van der Waals surface area contributed by atoms with Crippen LogP contribution in [0.4, 0.5) is 0 Å². The van der Waals surface area contributed by atoms with Crippen LogP contribution in [-0.2, 0) is 0 Å². The van der Waals surface area contributed by atoms with Gasteiger partial charge < -0.3 is 9.84 Å². The molecule has 1 atom stereocenters. The average Bonchev–Trinajstić information content (AvgIpc) is 2.34. The smallest absolute Gasteiger partial charge is 0.119 e. The van der Waals surface area contributed by atoms with E-state index in [4.69, 9.17) is 16.3 Å². The molecule has 2 nitrogen and oxygen atoms in total. The average molecular weight is 243 g/mol. The van der Waals surface area contributed by atoms with E-state index in [1.165, 1.54) is 0 Å². The van der Waals surface area contributed by atoms with Crippen LogP contribution >= 0.6 is 11.6 Å². The Morgan fingerprint density at radius 3 is 2.56 bits per heavy atom. The van der Waals surface area contributed by atoms with E-state index in [0.29, 0.717) is 12.3 Å². The van der Waals surface area contributed by atoms with E-state index in [1.807, 2.05) is 24.3 Å². The van der Waals surface area contributed by atoms with Gasteiger partial charge in [0.1, 0.15) is 5.75 Å². The topological polar surface area (TPSA) is 29.5 Å². The molecular weight excluding hydrogens is 224 g/mol. The number of hydrogen-bond donors (Lipinski definition) is 1. The Morgan fingerprint density at radius 1 is 1.31 bits per heavy atom. The quantitative estimate of drug-likeness (QED) is 0.742. The maximum absolute atomic E-state index is 9.82. The Balaban J connectivity index is 2.49. The summed E-state index contributed by atoms with van der Waals surface area (Å²) in [4.78, 5) is 0. The van der Waals surface area contributed by atoms with Crippen molar-refractivity contribution in [2.75, 3.05) is 12.5 Å². The summed E-state index contributed by atoms with van der Waals surface area (Å²) in [5.74, 6) is 1.45. The van der Waals surface area contributed by atoms with Crippen LogP contribution in [0.25, 0.3) is 0 Å². The van der Waals surface area contributed by atoms with Crippen molar-refractivity contribution in [3.05, 3.63) is 29.8 Å². The molecule has 0 radical (unpaired) electrons. The summed E-state index contributed by atoms with van der Waals surface area (Å²) in [6.07, 6.45) is 2.12. The van der Waals surface area contributed by atoms with Crippen molar-refractivity contribution in [2.45, 2.75) is 32.3 Å². The van der Waals surface area contributed by atoms with Crippen molar-refractivity contribution >= 4 is 11.6 Å². The van der Waals surface area contributed by atoms with Crippen molar-refractivity contribution in [2.24, 2.45) is 0 Å². The number of halogens is 1. The summed E-state index contributed by atoms with van der Waals surface area (Å²) >= 11 is 5.58. The van der Waals surface area contributed by atoms with Gasteiger partial charge in [0, 0.05) is 5.88 Å². The third-order valence-electron chi connectivity index (χ3n) is 2.35. The fourth-order valence-corrected chi connectivity index (χ4v) is 1.60. The lowest BCUT2D eigenvalue weighted by molar-refractivity contribution is 0.166. The first kappa shape index (κ1) is 13.3. The first-order valence-corrected chi connectivity index (χ1v) is 6.28. The van der Waals surface area contributed by atoms with Crippen LogP contribution in [0.15, 0.2) is 24.3 Å². The van der Waals surface area contributed by atoms with E-state index in [-0.39, 0.29) is 0 Å². The molecule has 1 rings (SSSR count). The van der Waals surface area contributed by atoms with Crippen LogP contribution in [-0.4, -0.2) is 17.6 Å². The van der Waals surface area contributed by atoms with Crippen LogP contribution < -0.4 is 4.74 Å². The molecule has 0 aliphatic heterocycles. The third kappa shape index (κ3) is 4.42. The molecule has 16 heavy (non-hydrogen) atoms. The van der Waals surface area contributed by atoms with Gasteiger partial charge in [-0.1, -0.05) is 19.1 Å². The Hall–Kier alpha value is -0.730. The number of aliphatic hydroxyl groups excluding tert-OH is 1. The molecule has 0 heterocycles. The van der Waals surface area contributed by atoms with Gasteiger partial charge in [-0.15, -0.1) is 11.6 Å². The second kappa shape index (κ2) is 7.53. The molecule has 0 aromatic heterocycles. The molecule has 1 aromatic carbocycles. The fraction of sp³-hybridized carbons (Fsp3) is 0.538. The highest BCUT2D eigenvalue weighted by Gasteiger charge is 2.06. The Kier molecular flexibility index (Phi) is 6.27. The lowest BCUT2D eigenvalue weighted by Gasteiger charge is -2.11. The first-order chi connectivity index (χ1) is 7.77. The molecule has 1 aromatic rings. The zero-order valence-corrected chi connectivity index (χ0v) is 10.4. The van der Waals surface area contributed by atoms with Gasteiger partial charge >= 0.3 is 0 Å². The summed E-state index contributed by atoms with van der Waals surface area (Å²) in [6.45, 7) is 2.80. The molecule has 0 aliphatic carbocycles. The predicted molar refractivity (Wildman–Crippen MR) is 67.1 cm³/mol. The van der Waals surface area contributed by atoms with Crippen LogP contribution in [0.3, 0.4) is 0 Å². The van der Waals surface area contributed by atoms with Gasteiger partial charge in [0.15, 0.2) is 0 Å². The molecule has 90 valence electrons. The van der Waals surface area contributed by atoms with Crippen LogP contribution in [0, 0.1) is 0 Å². The highest BCUT2D eigenvalue weighted by atomic mass is 35.5. The molecule has 0 saturated heterocycles. The minimum absolute atomic E-state index is 0.418.